The molecule has 0 aliphatic carbocycles. The lowest BCUT2D eigenvalue weighted by atomic mass is 10.4. The van der Waals surface area contributed by atoms with Gasteiger partial charge in [0, 0.05) is 0 Å². The standard InChI is InChI=1S/C6H10.C3H6.C2H4/c1-3-5-6-4-2;1-3-2;1-2/h3,5-6H,1,4H2,2H3;3H,1H2,2H3;1-2H2. The second-order valence-electron chi connectivity index (χ2n) is 1.48. The van der Waals surface area contributed by atoms with E-state index in [0.29, 0.717) is 0 Å². The van der Waals surface area contributed by atoms with E-state index in [-0.39, 0.29) is 0 Å². The third-order valence-electron chi connectivity index (χ3n) is 0.508. The highest BCUT2D eigenvalue weighted by molar-refractivity contribution is 4.96. The second-order valence-corrected chi connectivity index (χ2v) is 1.48. The van der Waals surface area contributed by atoms with Crippen LogP contribution in [0.5, 0.6) is 0 Å². The molecule has 0 aliphatic rings. The highest BCUT2D eigenvalue weighted by Gasteiger charge is 1.55. The van der Waals surface area contributed by atoms with Gasteiger partial charge in [-0.25, -0.2) is 0 Å². The highest BCUT2D eigenvalue weighted by atomic mass is 13.6. The molecule has 0 radical (unpaired) electrons. The molecule has 0 aromatic heterocycles. The first-order valence-corrected chi connectivity index (χ1v) is 3.68. The maximum absolute atomic E-state index is 3.51. The molecule has 0 heteroatoms. The quantitative estimate of drug-likeness (QED) is 0.412. The van der Waals surface area contributed by atoms with Crippen LogP contribution in [0.1, 0.15) is 20.3 Å². The maximum Gasteiger partial charge on any atom is -0.0376 e. The zero-order chi connectivity index (χ0) is 9.54. The molecule has 0 aromatic rings. The highest BCUT2D eigenvalue weighted by Crippen LogP contribution is 1.76. The third-order valence-corrected chi connectivity index (χ3v) is 0.508. The molecule has 0 saturated heterocycles. The lowest BCUT2D eigenvalue weighted by molar-refractivity contribution is 1.22. The summed E-state index contributed by atoms with van der Waals surface area (Å²) in [6, 6.07) is 0. The molecule has 0 atom stereocenters. The second kappa shape index (κ2) is 36.2. The molecule has 0 rings (SSSR count). The first-order chi connectivity index (χ1) is 5.33. The molecule has 0 spiro atoms. The third kappa shape index (κ3) is 113. The number of hydrogen-bond donors (Lipinski definition) is 0. The fraction of sp³-hybridized carbons (Fsp3) is 0.273. The van der Waals surface area contributed by atoms with Gasteiger partial charge in [-0.2, -0.15) is 0 Å². The van der Waals surface area contributed by atoms with Crippen LogP contribution in [0, 0.1) is 0 Å². The van der Waals surface area contributed by atoms with E-state index in [4.69, 9.17) is 0 Å². The Morgan fingerprint density at radius 1 is 1.18 bits per heavy atom. The Morgan fingerprint density at radius 3 is 1.64 bits per heavy atom. The summed E-state index contributed by atoms with van der Waals surface area (Å²) in [5.74, 6) is 0. The first kappa shape index (κ1) is 16.5. The first-order valence-electron chi connectivity index (χ1n) is 3.68. The zero-order valence-corrected chi connectivity index (χ0v) is 7.84. The van der Waals surface area contributed by atoms with E-state index in [9.17, 15) is 0 Å². The van der Waals surface area contributed by atoms with Gasteiger partial charge in [0.2, 0.25) is 0 Å². The van der Waals surface area contributed by atoms with Gasteiger partial charge in [0.25, 0.3) is 0 Å². The SMILES string of the molecule is C=C.C=CC.C=CC=CCC. The Morgan fingerprint density at radius 2 is 1.55 bits per heavy atom. The van der Waals surface area contributed by atoms with E-state index in [0.717, 1.165) is 6.42 Å². The minimum atomic E-state index is 1.10. The summed E-state index contributed by atoms with van der Waals surface area (Å²) in [5.41, 5.74) is 0. The Balaban J connectivity index is -0.000000109. The van der Waals surface area contributed by atoms with Gasteiger partial charge in [-0.3, -0.25) is 0 Å². The maximum atomic E-state index is 3.51. The van der Waals surface area contributed by atoms with E-state index in [1.54, 1.807) is 12.2 Å². The summed E-state index contributed by atoms with van der Waals surface area (Å²) in [6.45, 7) is 16.9. The van der Waals surface area contributed by atoms with Gasteiger partial charge in [-0.05, 0) is 13.3 Å². The number of allylic oxidation sites excluding steroid dienone is 4. The van der Waals surface area contributed by atoms with Gasteiger partial charge < -0.3 is 0 Å². The van der Waals surface area contributed by atoms with Crippen LogP contribution in [0.2, 0.25) is 0 Å². The molecule has 0 heterocycles. The van der Waals surface area contributed by atoms with E-state index in [1.807, 2.05) is 13.0 Å². The predicted octanol–water partition coefficient (Wildman–Crippen LogP) is 4.13. The van der Waals surface area contributed by atoms with Crippen LogP contribution >= 0.6 is 0 Å². The summed E-state index contributed by atoms with van der Waals surface area (Å²) < 4.78 is 0. The van der Waals surface area contributed by atoms with E-state index >= 15 is 0 Å². The molecular weight excluding hydrogens is 132 g/mol. The topological polar surface area (TPSA) is 0 Å². The van der Waals surface area contributed by atoms with Crippen molar-refractivity contribution in [2.75, 3.05) is 0 Å². The van der Waals surface area contributed by atoms with Gasteiger partial charge >= 0.3 is 0 Å². The average molecular weight is 152 g/mol. The molecule has 0 unspecified atom stereocenters. The van der Waals surface area contributed by atoms with Gasteiger partial charge in [0.15, 0.2) is 0 Å². The number of hydrogen-bond acceptors (Lipinski definition) is 0. The monoisotopic (exact) mass is 152 g/mol. The van der Waals surface area contributed by atoms with Crippen molar-refractivity contribution < 1.29 is 0 Å². The molecule has 11 heavy (non-hydrogen) atoms. The lowest BCUT2D eigenvalue weighted by Crippen LogP contribution is -1.46. The Hall–Kier alpha value is -1.04. The van der Waals surface area contributed by atoms with Crippen molar-refractivity contribution in [2.45, 2.75) is 20.3 Å². The smallest absolute Gasteiger partial charge is 0.0376 e. The van der Waals surface area contributed by atoms with Crippen LogP contribution in [-0.2, 0) is 0 Å². The summed E-state index contributed by atoms with van der Waals surface area (Å²) in [7, 11) is 0. The Bertz CT molecular complexity index is 88.2. The fourth-order valence-corrected chi connectivity index (χ4v) is 0.232. The Labute approximate surface area is 71.6 Å². The zero-order valence-electron chi connectivity index (χ0n) is 7.84. The van der Waals surface area contributed by atoms with Crippen LogP contribution in [0.4, 0.5) is 0 Å². The molecular formula is C11H20. The number of rotatable bonds is 2. The van der Waals surface area contributed by atoms with Gasteiger partial charge in [-0.15, -0.1) is 19.7 Å². The molecule has 0 aliphatic heterocycles. The van der Waals surface area contributed by atoms with Crippen LogP contribution in [0.15, 0.2) is 50.6 Å². The predicted molar refractivity (Wildman–Crippen MR) is 56.8 cm³/mol. The molecule has 0 aromatic carbocycles. The fourth-order valence-electron chi connectivity index (χ4n) is 0.232. The molecule has 0 saturated carbocycles. The molecule has 0 fully saturated rings. The summed E-state index contributed by atoms with van der Waals surface area (Å²) >= 11 is 0. The largest absolute Gasteiger partial charge is 0.106 e. The summed E-state index contributed by atoms with van der Waals surface area (Å²) in [5, 5.41) is 0. The van der Waals surface area contributed by atoms with Crippen molar-refractivity contribution in [3.05, 3.63) is 50.6 Å². The van der Waals surface area contributed by atoms with Crippen LogP contribution in [0.25, 0.3) is 0 Å². The van der Waals surface area contributed by atoms with Crippen molar-refractivity contribution in [2.24, 2.45) is 0 Å². The van der Waals surface area contributed by atoms with Crippen LogP contribution < -0.4 is 0 Å². The van der Waals surface area contributed by atoms with Crippen molar-refractivity contribution in [3.8, 4) is 0 Å². The van der Waals surface area contributed by atoms with Crippen LogP contribution in [-0.4, -0.2) is 0 Å². The van der Waals surface area contributed by atoms with Gasteiger partial charge in [0.1, 0.15) is 0 Å². The minimum Gasteiger partial charge on any atom is -0.106 e. The van der Waals surface area contributed by atoms with Gasteiger partial charge in [-0.1, -0.05) is 37.8 Å². The molecule has 0 bridgehead atoms. The minimum absolute atomic E-state index is 1.10. The van der Waals surface area contributed by atoms with Crippen molar-refractivity contribution in [3.63, 3.8) is 0 Å². The normalized spacial score (nSPS) is 6.73. The van der Waals surface area contributed by atoms with Crippen molar-refractivity contribution in [1.82, 2.24) is 0 Å². The van der Waals surface area contributed by atoms with Crippen molar-refractivity contribution in [1.29, 1.82) is 0 Å². The average Bonchev–Trinajstić information content (AvgIpc) is 2.06. The van der Waals surface area contributed by atoms with E-state index in [1.165, 1.54) is 0 Å². The summed E-state index contributed by atoms with van der Waals surface area (Å²) in [4.78, 5) is 0. The molecule has 0 amide bonds. The summed E-state index contributed by atoms with van der Waals surface area (Å²) in [6.07, 6.45) is 8.64. The van der Waals surface area contributed by atoms with E-state index in [2.05, 4.69) is 39.3 Å². The molecule has 64 valence electrons. The molecule has 0 nitrogen and oxygen atoms in total. The lowest BCUT2D eigenvalue weighted by Gasteiger charge is -1.67. The van der Waals surface area contributed by atoms with E-state index < -0.39 is 0 Å². The van der Waals surface area contributed by atoms with Crippen LogP contribution in [0.3, 0.4) is 0 Å². The van der Waals surface area contributed by atoms with Crippen molar-refractivity contribution >= 4 is 0 Å². The molecule has 0 N–H and O–H groups in total. The van der Waals surface area contributed by atoms with Gasteiger partial charge in [0.05, 0.1) is 0 Å². The Kier molecular flexibility index (Phi) is 54.3.